The van der Waals surface area contributed by atoms with Crippen molar-refractivity contribution in [3.63, 3.8) is 0 Å². The van der Waals surface area contributed by atoms with Gasteiger partial charge in [-0.3, -0.25) is 14.4 Å². The number of carbonyl (C=O) groups is 3. The molecule has 2 aromatic carbocycles. The molecule has 1 aliphatic rings. The predicted molar refractivity (Wildman–Crippen MR) is 157 cm³/mol. The molecular weight excluding hydrogens is 518 g/mol. The van der Waals surface area contributed by atoms with Crippen LogP contribution in [-0.2, 0) is 20.9 Å². The van der Waals surface area contributed by atoms with E-state index in [0.29, 0.717) is 38.2 Å². The molecule has 1 aliphatic heterocycles. The van der Waals surface area contributed by atoms with Crippen LogP contribution in [0, 0.1) is 17.8 Å². The van der Waals surface area contributed by atoms with Crippen LogP contribution in [0.1, 0.15) is 64.9 Å². The molecule has 1 fully saturated rings. The average Bonchev–Trinajstić information content (AvgIpc) is 3.45. The maximum atomic E-state index is 13.7. The number of primary amides is 1. The number of aromatic amines is 1. The Balaban J connectivity index is 1.51. The lowest BCUT2D eigenvalue weighted by Gasteiger charge is -2.29. The molecule has 3 amide bonds. The highest BCUT2D eigenvalue weighted by Crippen LogP contribution is 2.31. The Labute approximate surface area is 241 Å². The predicted octanol–water partition coefficient (Wildman–Crippen LogP) is 4.09. The van der Waals surface area contributed by atoms with E-state index in [1.807, 2.05) is 68.1 Å². The smallest absolute Gasteiger partial charge is 0.245 e. The first kappa shape index (κ1) is 29.9. The van der Waals surface area contributed by atoms with Crippen LogP contribution in [0.15, 0.2) is 48.5 Å². The summed E-state index contributed by atoms with van der Waals surface area (Å²) in [6.45, 7) is 7.06. The number of nitrogens with one attached hydrogen (secondary N) is 2. The second-order valence-electron chi connectivity index (χ2n) is 11.3. The zero-order valence-corrected chi connectivity index (χ0v) is 24.2. The van der Waals surface area contributed by atoms with Crippen LogP contribution in [0.5, 0.6) is 0 Å². The number of amides is 3. The summed E-state index contributed by atoms with van der Waals surface area (Å²) in [5, 5.41) is 17.5. The van der Waals surface area contributed by atoms with Crippen LogP contribution >= 0.6 is 0 Å². The summed E-state index contributed by atoms with van der Waals surface area (Å²) in [6.07, 6.45) is 4.10. The third-order valence-corrected chi connectivity index (χ3v) is 7.73. The zero-order chi connectivity index (χ0) is 29.4. The number of H-pyrrole nitrogens is 1. The van der Waals surface area contributed by atoms with Crippen molar-refractivity contribution in [1.82, 2.24) is 30.8 Å². The van der Waals surface area contributed by atoms with Gasteiger partial charge in [0.15, 0.2) is 0 Å². The van der Waals surface area contributed by atoms with Gasteiger partial charge in [0.1, 0.15) is 6.04 Å². The topological polar surface area (TPSA) is 147 Å². The van der Waals surface area contributed by atoms with Crippen LogP contribution in [0.25, 0.3) is 22.5 Å². The Hall–Kier alpha value is -4.08. The van der Waals surface area contributed by atoms with Gasteiger partial charge in [-0.1, -0.05) is 69.7 Å². The summed E-state index contributed by atoms with van der Waals surface area (Å²) in [4.78, 5) is 41.3. The molecule has 218 valence electrons. The molecule has 3 atom stereocenters. The Bertz CT molecular complexity index is 1320. The van der Waals surface area contributed by atoms with Gasteiger partial charge in [-0.25, -0.2) is 0 Å². The minimum Gasteiger partial charge on any atom is -0.369 e. The van der Waals surface area contributed by atoms with Crippen molar-refractivity contribution in [2.75, 3.05) is 6.54 Å². The molecule has 1 unspecified atom stereocenters. The molecule has 3 aromatic rings. The lowest BCUT2D eigenvalue weighted by molar-refractivity contribution is -0.139. The van der Waals surface area contributed by atoms with E-state index in [4.69, 9.17) is 5.73 Å². The Morgan fingerprint density at radius 1 is 1.10 bits per heavy atom. The third-order valence-electron chi connectivity index (χ3n) is 7.73. The highest BCUT2D eigenvalue weighted by Gasteiger charge is 2.35. The van der Waals surface area contributed by atoms with Crippen molar-refractivity contribution in [3.8, 4) is 22.5 Å². The van der Waals surface area contributed by atoms with Gasteiger partial charge in [0, 0.05) is 30.5 Å². The summed E-state index contributed by atoms with van der Waals surface area (Å²) in [5.74, 6) is -1.16. The number of nitrogens with two attached hydrogens (primary N) is 1. The number of nitrogens with zero attached hydrogens (tertiary/aromatic N) is 4. The van der Waals surface area contributed by atoms with Crippen molar-refractivity contribution >= 4 is 17.7 Å². The first-order valence-corrected chi connectivity index (χ1v) is 14.6. The second-order valence-corrected chi connectivity index (χ2v) is 11.3. The van der Waals surface area contributed by atoms with E-state index in [9.17, 15) is 14.4 Å². The fourth-order valence-electron chi connectivity index (χ4n) is 5.75. The molecule has 2 heterocycles. The molecular formula is C31H41N7O3. The van der Waals surface area contributed by atoms with Gasteiger partial charge in [0.25, 0.3) is 0 Å². The second kappa shape index (κ2) is 14.0. The highest BCUT2D eigenvalue weighted by molar-refractivity contribution is 5.91. The normalized spacial score (nSPS) is 17.2. The molecule has 4 N–H and O–H groups in total. The lowest BCUT2D eigenvalue weighted by Crippen LogP contribution is -2.50. The first-order chi connectivity index (χ1) is 19.8. The molecule has 10 heteroatoms. The third kappa shape index (κ3) is 7.56. The molecule has 0 aliphatic carbocycles. The molecule has 0 radical (unpaired) electrons. The van der Waals surface area contributed by atoms with E-state index >= 15 is 0 Å². The van der Waals surface area contributed by atoms with Gasteiger partial charge < -0.3 is 16.0 Å². The number of tetrazole rings is 1. The van der Waals surface area contributed by atoms with Crippen molar-refractivity contribution in [2.45, 2.75) is 71.9 Å². The van der Waals surface area contributed by atoms with Crippen LogP contribution in [-0.4, -0.2) is 55.8 Å². The quantitative estimate of drug-likeness (QED) is 0.304. The number of aromatic nitrogens is 4. The summed E-state index contributed by atoms with van der Waals surface area (Å²) >= 11 is 0. The molecule has 0 bridgehead atoms. The van der Waals surface area contributed by atoms with Gasteiger partial charge in [-0.05, 0) is 66.0 Å². The minimum absolute atomic E-state index is 0.0943. The SMILES string of the molecule is CCC[C@H](C(=O)NC1CCCCN(Cc2cccc(-c3ccccc3-c3nn[nH]n3)c2)C1=O)[C@@H](CC(C)C)C(N)=O. The number of carbonyl (C=O) groups excluding carboxylic acids is 3. The van der Waals surface area contributed by atoms with E-state index < -0.39 is 23.8 Å². The summed E-state index contributed by atoms with van der Waals surface area (Å²) in [5.41, 5.74) is 9.53. The molecule has 1 saturated heterocycles. The largest absolute Gasteiger partial charge is 0.369 e. The molecule has 0 saturated carbocycles. The fourth-order valence-corrected chi connectivity index (χ4v) is 5.75. The van der Waals surface area contributed by atoms with E-state index in [2.05, 4.69) is 32.0 Å². The van der Waals surface area contributed by atoms with Gasteiger partial charge in [0.05, 0.1) is 0 Å². The maximum Gasteiger partial charge on any atom is 0.245 e. The molecule has 4 rings (SSSR count). The van der Waals surface area contributed by atoms with Crippen molar-refractivity contribution in [1.29, 1.82) is 0 Å². The number of rotatable bonds is 12. The van der Waals surface area contributed by atoms with Gasteiger partial charge in [0.2, 0.25) is 23.5 Å². The minimum atomic E-state index is -0.626. The van der Waals surface area contributed by atoms with Gasteiger partial charge >= 0.3 is 0 Å². The summed E-state index contributed by atoms with van der Waals surface area (Å²) < 4.78 is 0. The lowest BCUT2D eigenvalue weighted by atomic mass is 9.81. The maximum absolute atomic E-state index is 13.7. The Kier molecular flexibility index (Phi) is 10.2. The number of likely N-dealkylation sites (tertiary alicyclic amines) is 1. The van der Waals surface area contributed by atoms with Crippen LogP contribution in [0.2, 0.25) is 0 Å². The Morgan fingerprint density at radius 2 is 1.88 bits per heavy atom. The zero-order valence-electron chi connectivity index (χ0n) is 24.2. The summed E-state index contributed by atoms with van der Waals surface area (Å²) in [6, 6.07) is 15.3. The van der Waals surface area contributed by atoms with E-state index in [0.717, 1.165) is 41.5 Å². The first-order valence-electron chi connectivity index (χ1n) is 14.6. The highest BCUT2D eigenvalue weighted by atomic mass is 16.2. The number of benzene rings is 2. The fraction of sp³-hybridized carbons (Fsp3) is 0.484. The Morgan fingerprint density at radius 3 is 2.56 bits per heavy atom. The standard InChI is InChI=1S/C31H41N7O3/c1-4-10-25(26(28(32)39)17-20(2)3)30(40)33-27-15-7-8-16-38(31(27)41)19-21-11-9-12-22(18-21)23-13-5-6-14-24(23)29-34-36-37-35-29/h5-6,9,11-14,18,20,25-27H,4,7-8,10,15-17,19H2,1-3H3,(H2,32,39)(H,33,40)(H,34,35,36,37)/t25-,26+,27?/m0/s1. The van der Waals surface area contributed by atoms with Crippen LogP contribution in [0.3, 0.4) is 0 Å². The van der Waals surface area contributed by atoms with Gasteiger partial charge in [-0.2, -0.15) is 5.21 Å². The summed E-state index contributed by atoms with van der Waals surface area (Å²) in [7, 11) is 0. The van der Waals surface area contributed by atoms with Crippen LogP contribution < -0.4 is 11.1 Å². The molecule has 1 aromatic heterocycles. The van der Waals surface area contributed by atoms with Crippen molar-refractivity contribution < 1.29 is 14.4 Å². The van der Waals surface area contributed by atoms with Gasteiger partial charge in [-0.15, -0.1) is 10.2 Å². The van der Waals surface area contributed by atoms with E-state index in [1.54, 1.807) is 0 Å². The average molecular weight is 560 g/mol. The van der Waals surface area contributed by atoms with Crippen LogP contribution in [0.4, 0.5) is 0 Å². The number of hydrogen-bond donors (Lipinski definition) is 3. The van der Waals surface area contributed by atoms with E-state index in [-0.39, 0.29) is 17.7 Å². The monoisotopic (exact) mass is 559 g/mol. The molecule has 10 nitrogen and oxygen atoms in total. The van der Waals surface area contributed by atoms with Crippen molar-refractivity contribution in [3.05, 3.63) is 54.1 Å². The van der Waals surface area contributed by atoms with Crippen molar-refractivity contribution in [2.24, 2.45) is 23.5 Å². The van der Waals surface area contributed by atoms with E-state index in [1.165, 1.54) is 0 Å². The number of hydrogen-bond acceptors (Lipinski definition) is 6. The molecule has 41 heavy (non-hydrogen) atoms. The molecule has 0 spiro atoms.